The molecule has 0 aliphatic carbocycles. The van der Waals surface area contributed by atoms with Crippen LogP contribution in [0.3, 0.4) is 0 Å². The van der Waals surface area contributed by atoms with E-state index in [0.29, 0.717) is 0 Å². The van der Waals surface area contributed by atoms with Gasteiger partial charge in [0.15, 0.2) is 9.84 Å². The molecule has 0 fully saturated rings. The molecule has 0 bridgehead atoms. The first-order valence-corrected chi connectivity index (χ1v) is 8.82. The first kappa shape index (κ1) is 19.7. The molecule has 0 amide bonds. The summed E-state index contributed by atoms with van der Waals surface area (Å²) in [5.74, 6) is 3.47. The quantitative estimate of drug-likeness (QED) is 0.808. The SMILES string of the molecule is C=CS(=C)(=O)NC(C)(C)C.C=CS(=O)(=O)C(C)C. The molecule has 18 heavy (non-hydrogen) atoms. The largest absolute Gasteiger partial charge is 0.248 e. The number of nitrogens with one attached hydrogen (secondary N) is 1. The summed E-state index contributed by atoms with van der Waals surface area (Å²) < 4.78 is 35.2. The van der Waals surface area contributed by atoms with Crippen LogP contribution in [0.25, 0.3) is 0 Å². The molecule has 0 heterocycles. The van der Waals surface area contributed by atoms with Gasteiger partial charge < -0.3 is 0 Å². The Morgan fingerprint density at radius 1 is 1.06 bits per heavy atom. The lowest BCUT2D eigenvalue weighted by Gasteiger charge is -2.21. The lowest BCUT2D eigenvalue weighted by atomic mass is 10.1. The van der Waals surface area contributed by atoms with Crippen molar-refractivity contribution in [3.63, 3.8) is 0 Å². The van der Waals surface area contributed by atoms with Gasteiger partial charge >= 0.3 is 0 Å². The lowest BCUT2D eigenvalue weighted by molar-refractivity contribution is 0.521. The fraction of sp³-hybridized carbons (Fsp3) is 0.583. The third-order valence-corrected chi connectivity index (χ3v) is 4.91. The molecule has 108 valence electrons. The Hall–Kier alpha value is -0.590. The Bertz CT molecular complexity index is 466. The highest BCUT2D eigenvalue weighted by molar-refractivity contribution is 8.01. The second-order valence-electron chi connectivity index (χ2n) is 5.05. The Kier molecular flexibility index (Phi) is 7.80. The molecule has 1 unspecified atom stereocenters. The monoisotopic (exact) mass is 295 g/mol. The van der Waals surface area contributed by atoms with E-state index >= 15 is 0 Å². The van der Waals surface area contributed by atoms with Crippen LogP contribution in [0, 0.1) is 0 Å². The summed E-state index contributed by atoms with van der Waals surface area (Å²) in [5.41, 5.74) is -0.174. The van der Waals surface area contributed by atoms with Crippen LogP contribution in [0.1, 0.15) is 34.6 Å². The normalized spacial score (nSPS) is 15.2. The summed E-state index contributed by atoms with van der Waals surface area (Å²) in [5, 5.41) is 2.00. The summed E-state index contributed by atoms with van der Waals surface area (Å²) >= 11 is 0. The van der Waals surface area contributed by atoms with Crippen molar-refractivity contribution < 1.29 is 12.6 Å². The summed E-state index contributed by atoms with van der Waals surface area (Å²) in [6.45, 7) is 15.6. The predicted octanol–water partition coefficient (Wildman–Crippen LogP) is 2.10. The summed E-state index contributed by atoms with van der Waals surface area (Å²) in [7, 11) is -5.24. The molecule has 0 radical (unpaired) electrons. The van der Waals surface area contributed by atoms with Crippen LogP contribution in [0.5, 0.6) is 0 Å². The zero-order chi connectivity index (χ0) is 15.2. The standard InChI is InChI=1S/C7H15NOS.C5H10O2S/c1-6-10(5,9)8-7(2,3)4;1-4-8(6,7)5(2)3/h6H,1,5H2,2-4H3,(H,8,9);4-5H,1H2,2-3H3. The van der Waals surface area contributed by atoms with Crippen LogP contribution in [-0.4, -0.2) is 29.3 Å². The molecule has 1 N–H and O–H groups in total. The Morgan fingerprint density at radius 2 is 1.44 bits per heavy atom. The van der Waals surface area contributed by atoms with Crippen molar-refractivity contribution in [2.24, 2.45) is 0 Å². The number of rotatable bonds is 4. The van der Waals surface area contributed by atoms with Crippen molar-refractivity contribution in [3.8, 4) is 0 Å². The minimum Gasteiger partial charge on any atom is -0.248 e. The highest BCUT2D eigenvalue weighted by Crippen LogP contribution is 2.01. The zero-order valence-corrected chi connectivity index (χ0v) is 13.5. The molecule has 6 heteroatoms. The maximum absolute atomic E-state index is 11.2. The molecule has 0 saturated carbocycles. The smallest absolute Gasteiger partial charge is 0.173 e. The van der Waals surface area contributed by atoms with E-state index in [4.69, 9.17) is 0 Å². The average Bonchev–Trinajstić information content (AvgIpc) is 2.15. The summed E-state index contributed by atoms with van der Waals surface area (Å²) in [6.07, 6.45) is 0. The second kappa shape index (κ2) is 7.11. The second-order valence-corrected chi connectivity index (χ2v) is 9.49. The van der Waals surface area contributed by atoms with E-state index in [9.17, 15) is 12.6 Å². The van der Waals surface area contributed by atoms with E-state index in [1.54, 1.807) is 13.8 Å². The third kappa shape index (κ3) is 10.6. The van der Waals surface area contributed by atoms with E-state index in [2.05, 4.69) is 23.8 Å². The molecule has 0 aliphatic heterocycles. The van der Waals surface area contributed by atoms with Crippen LogP contribution in [0.2, 0.25) is 0 Å². The van der Waals surface area contributed by atoms with Crippen LogP contribution < -0.4 is 4.72 Å². The van der Waals surface area contributed by atoms with Gasteiger partial charge in [0.05, 0.1) is 5.25 Å². The van der Waals surface area contributed by atoms with E-state index < -0.39 is 19.5 Å². The van der Waals surface area contributed by atoms with Gasteiger partial charge in [-0.25, -0.2) is 17.3 Å². The van der Waals surface area contributed by atoms with Gasteiger partial charge in [0.2, 0.25) is 0 Å². The van der Waals surface area contributed by atoms with E-state index in [1.807, 2.05) is 20.8 Å². The molecular weight excluding hydrogens is 270 g/mol. The Morgan fingerprint density at radius 3 is 1.50 bits per heavy atom. The van der Waals surface area contributed by atoms with Gasteiger partial charge in [-0.15, -0.1) is 0 Å². The van der Waals surface area contributed by atoms with Gasteiger partial charge in [-0.3, -0.25) is 0 Å². The predicted molar refractivity (Wildman–Crippen MR) is 82.6 cm³/mol. The Labute approximate surface area is 112 Å². The van der Waals surface area contributed by atoms with E-state index in [0.717, 1.165) is 5.41 Å². The molecule has 0 aliphatic rings. The molecule has 1 atom stereocenters. The maximum atomic E-state index is 11.2. The highest BCUT2D eigenvalue weighted by Gasteiger charge is 2.12. The fourth-order valence-corrected chi connectivity index (χ4v) is 2.26. The summed E-state index contributed by atoms with van der Waals surface area (Å²) in [4.78, 5) is 0. The highest BCUT2D eigenvalue weighted by atomic mass is 32.2. The first-order chi connectivity index (χ1) is 7.77. The van der Waals surface area contributed by atoms with E-state index in [-0.39, 0.29) is 10.8 Å². The fourth-order valence-electron chi connectivity index (χ4n) is 0.752. The van der Waals surface area contributed by atoms with Crippen molar-refractivity contribution >= 4 is 25.4 Å². The minimum absolute atomic E-state index is 0.174. The lowest BCUT2D eigenvalue weighted by Crippen LogP contribution is -2.39. The first-order valence-electron chi connectivity index (χ1n) is 5.42. The third-order valence-electron chi connectivity index (χ3n) is 1.64. The maximum Gasteiger partial charge on any atom is 0.173 e. The molecule has 0 saturated heterocycles. The molecule has 0 rings (SSSR count). The van der Waals surface area contributed by atoms with Gasteiger partial charge in [0.1, 0.15) is 0 Å². The van der Waals surface area contributed by atoms with Gasteiger partial charge in [-0.05, 0) is 40.5 Å². The molecular formula is C12H25NO3S2. The number of sulfone groups is 1. The van der Waals surface area contributed by atoms with Crippen LogP contribution >= 0.6 is 0 Å². The van der Waals surface area contributed by atoms with Crippen molar-refractivity contribution in [1.29, 1.82) is 0 Å². The minimum atomic E-state index is -2.97. The van der Waals surface area contributed by atoms with Crippen LogP contribution in [0.15, 0.2) is 24.0 Å². The van der Waals surface area contributed by atoms with Gasteiger partial charge in [-0.2, -0.15) is 0 Å². The average molecular weight is 295 g/mol. The van der Waals surface area contributed by atoms with E-state index in [1.165, 1.54) is 5.41 Å². The molecule has 4 nitrogen and oxygen atoms in total. The van der Waals surface area contributed by atoms with Crippen molar-refractivity contribution in [3.05, 3.63) is 24.0 Å². The van der Waals surface area contributed by atoms with Crippen molar-refractivity contribution in [1.82, 2.24) is 4.72 Å². The zero-order valence-electron chi connectivity index (χ0n) is 11.9. The molecule has 0 aromatic carbocycles. The van der Waals surface area contributed by atoms with Crippen molar-refractivity contribution in [2.75, 3.05) is 0 Å². The van der Waals surface area contributed by atoms with Gasteiger partial charge in [0.25, 0.3) is 0 Å². The van der Waals surface area contributed by atoms with Crippen LogP contribution in [0.4, 0.5) is 0 Å². The van der Waals surface area contributed by atoms with Crippen molar-refractivity contribution in [2.45, 2.75) is 45.4 Å². The topological polar surface area (TPSA) is 63.2 Å². The summed E-state index contributed by atoms with van der Waals surface area (Å²) in [6, 6.07) is 0. The van der Waals surface area contributed by atoms with Gasteiger partial charge in [0, 0.05) is 26.1 Å². The van der Waals surface area contributed by atoms with Crippen LogP contribution in [-0.2, 0) is 19.5 Å². The molecule has 0 aromatic rings. The van der Waals surface area contributed by atoms with Gasteiger partial charge in [-0.1, -0.05) is 13.2 Å². The molecule has 0 spiro atoms. The Balaban J connectivity index is 0. The number of hydrogen-bond donors (Lipinski definition) is 1. The molecule has 0 aromatic heterocycles. The number of hydrogen-bond acceptors (Lipinski definition) is 3.